The largest absolute Gasteiger partial charge is 0.455 e. The summed E-state index contributed by atoms with van der Waals surface area (Å²) < 4.78 is 16.7. The van der Waals surface area contributed by atoms with Crippen LogP contribution in [0, 0.1) is 11.3 Å². The average Bonchev–Trinajstić information content (AvgIpc) is 3.14. The van der Waals surface area contributed by atoms with Gasteiger partial charge in [-0.05, 0) is 13.0 Å². The molecule has 140 valence electrons. The van der Waals surface area contributed by atoms with E-state index in [4.69, 9.17) is 19.0 Å². The molecule has 8 heteroatoms. The zero-order valence-electron chi connectivity index (χ0n) is 15.1. The van der Waals surface area contributed by atoms with Crippen LogP contribution in [0.4, 0.5) is 0 Å². The highest BCUT2D eigenvalue weighted by Crippen LogP contribution is 2.60. The molecule has 3 heterocycles. The molecule has 2 unspecified atom stereocenters. The molecule has 0 saturated carbocycles. The summed E-state index contributed by atoms with van der Waals surface area (Å²) in [6, 6.07) is 0. The van der Waals surface area contributed by atoms with E-state index < -0.39 is 47.5 Å². The van der Waals surface area contributed by atoms with Crippen LogP contribution in [0.25, 0.3) is 0 Å². The van der Waals surface area contributed by atoms with Gasteiger partial charge < -0.3 is 14.2 Å². The number of rotatable bonds is 4. The van der Waals surface area contributed by atoms with Crippen molar-refractivity contribution in [3.63, 3.8) is 0 Å². The van der Waals surface area contributed by atoms with Crippen molar-refractivity contribution < 1.29 is 33.4 Å². The third-order valence-electron chi connectivity index (χ3n) is 4.90. The van der Waals surface area contributed by atoms with Gasteiger partial charge in [-0.1, -0.05) is 18.7 Å². The van der Waals surface area contributed by atoms with E-state index in [0.717, 1.165) is 5.06 Å². The quantitative estimate of drug-likeness (QED) is 0.548. The molecule has 5 atom stereocenters. The first-order chi connectivity index (χ1) is 12.3. The van der Waals surface area contributed by atoms with Crippen molar-refractivity contribution in [1.29, 1.82) is 0 Å². The molecule has 2 bridgehead atoms. The molecule has 3 rings (SSSR count). The number of fused-ring (bicyclic) bond motifs is 3. The summed E-state index contributed by atoms with van der Waals surface area (Å²) in [5.74, 6) is -1.75. The maximum Gasteiger partial charge on any atom is 0.307 e. The first kappa shape index (κ1) is 18.3. The maximum absolute atomic E-state index is 13.3. The standard InChI is InChI=1S/C18H21NO7/c1-6-7-12-13-8-14(24-10(3)20)16(26-13)18(12)15(25-11(4)21)9(2)19(23-5)17(18)22/h6-8,12-13,15-16H,2H2,1,3-5H3/b7-6+/t12-,13?,15+,16?,18+/m1/s1. The molecule has 0 aromatic rings. The fraction of sp³-hybridized carbons (Fsp3) is 0.500. The first-order valence-corrected chi connectivity index (χ1v) is 8.22. The highest BCUT2D eigenvalue weighted by atomic mass is 16.7. The van der Waals surface area contributed by atoms with E-state index in [0.29, 0.717) is 0 Å². The van der Waals surface area contributed by atoms with Crippen LogP contribution in [0.5, 0.6) is 0 Å². The fourth-order valence-corrected chi connectivity index (χ4v) is 4.12. The van der Waals surface area contributed by atoms with Crippen LogP contribution in [0.15, 0.2) is 36.3 Å². The van der Waals surface area contributed by atoms with Gasteiger partial charge >= 0.3 is 11.9 Å². The van der Waals surface area contributed by atoms with E-state index in [1.165, 1.54) is 21.0 Å². The average molecular weight is 363 g/mol. The number of amides is 1. The molecule has 0 aromatic heterocycles. The lowest BCUT2D eigenvalue weighted by Gasteiger charge is -2.37. The van der Waals surface area contributed by atoms with E-state index in [2.05, 4.69) is 6.58 Å². The normalized spacial score (nSPS) is 35.5. The number of esters is 2. The van der Waals surface area contributed by atoms with Crippen molar-refractivity contribution in [3.8, 4) is 0 Å². The number of hydrogen-bond donors (Lipinski definition) is 0. The van der Waals surface area contributed by atoms with Gasteiger partial charge in [-0.25, -0.2) is 0 Å². The first-order valence-electron chi connectivity index (χ1n) is 8.22. The summed E-state index contributed by atoms with van der Waals surface area (Å²) in [4.78, 5) is 41.7. The summed E-state index contributed by atoms with van der Waals surface area (Å²) in [5.41, 5.74) is -1.16. The Balaban J connectivity index is 2.17. The molecule has 3 aliphatic heterocycles. The minimum absolute atomic E-state index is 0.195. The van der Waals surface area contributed by atoms with Crippen molar-refractivity contribution in [2.24, 2.45) is 11.3 Å². The van der Waals surface area contributed by atoms with Gasteiger partial charge in [0, 0.05) is 19.8 Å². The van der Waals surface area contributed by atoms with Crippen LogP contribution >= 0.6 is 0 Å². The van der Waals surface area contributed by atoms with Crippen molar-refractivity contribution in [1.82, 2.24) is 5.06 Å². The van der Waals surface area contributed by atoms with Crippen LogP contribution in [0.3, 0.4) is 0 Å². The van der Waals surface area contributed by atoms with Gasteiger partial charge in [-0.3, -0.25) is 19.2 Å². The highest BCUT2D eigenvalue weighted by molar-refractivity contribution is 5.91. The molecule has 0 aliphatic carbocycles. The second-order valence-corrected chi connectivity index (χ2v) is 6.39. The van der Waals surface area contributed by atoms with Crippen molar-refractivity contribution in [2.45, 2.75) is 39.1 Å². The third-order valence-corrected chi connectivity index (χ3v) is 4.90. The molecule has 2 fully saturated rings. The summed E-state index contributed by atoms with van der Waals surface area (Å²) in [6.45, 7) is 8.21. The number of hydroxylamine groups is 2. The summed E-state index contributed by atoms with van der Waals surface area (Å²) in [6.07, 6.45) is 2.89. The lowest BCUT2D eigenvalue weighted by Crippen LogP contribution is -2.53. The van der Waals surface area contributed by atoms with Crippen LogP contribution in [-0.2, 0) is 33.4 Å². The van der Waals surface area contributed by atoms with Gasteiger partial charge in [0.25, 0.3) is 5.91 Å². The summed E-state index contributed by atoms with van der Waals surface area (Å²) >= 11 is 0. The van der Waals surface area contributed by atoms with Gasteiger partial charge in [0.05, 0.1) is 18.9 Å². The lowest BCUT2D eigenvalue weighted by molar-refractivity contribution is -0.172. The number of nitrogens with zero attached hydrogens (tertiary/aromatic N) is 1. The Hall–Kier alpha value is -2.45. The molecule has 0 aromatic carbocycles. The van der Waals surface area contributed by atoms with E-state index in [1.807, 2.05) is 13.0 Å². The van der Waals surface area contributed by atoms with E-state index in [-0.39, 0.29) is 11.5 Å². The SMILES string of the molecule is C=C1[C@H](OC(C)=O)[C@]2(C(=O)N1OC)C1OC(C=C1OC(C)=O)[C@H]2/C=C/C. The minimum Gasteiger partial charge on any atom is -0.455 e. The number of allylic oxidation sites excluding steroid dienone is 1. The van der Waals surface area contributed by atoms with E-state index in [9.17, 15) is 14.4 Å². The van der Waals surface area contributed by atoms with Crippen LogP contribution in [0.1, 0.15) is 20.8 Å². The molecule has 1 amide bonds. The second-order valence-electron chi connectivity index (χ2n) is 6.39. The zero-order valence-corrected chi connectivity index (χ0v) is 15.1. The molecule has 0 N–H and O–H groups in total. The molecule has 1 spiro atoms. The summed E-state index contributed by atoms with van der Waals surface area (Å²) in [5, 5.41) is 1.01. The Morgan fingerprint density at radius 3 is 2.58 bits per heavy atom. The number of ether oxygens (including phenoxy) is 3. The Morgan fingerprint density at radius 2 is 2.04 bits per heavy atom. The second kappa shape index (κ2) is 6.37. The number of carbonyl (C=O) groups is 3. The van der Waals surface area contributed by atoms with Crippen LogP contribution < -0.4 is 0 Å². The zero-order chi connectivity index (χ0) is 19.2. The van der Waals surface area contributed by atoms with Crippen molar-refractivity contribution >= 4 is 17.8 Å². The van der Waals surface area contributed by atoms with Crippen molar-refractivity contribution in [3.05, 3.63) is 36.3 Å². The van der Waals surface area contributed by atoms with E-state index in [1.54, 1.807) is 12.2 Å². The Morgan fingerprint density at radius 1 is 1.35 bits per heavy atom. The Bertz CT molecular complexity index is 740. The molecule has 2 saturated heterocycles. The monoisotopic (exact) mass is 363 g/mol. The fourth-order valence-electron chi connectivity index (χ4n) is 4.12. The number of carbonyl (C=O) groups excluding carboxylic acids is 3. The van der Waals surface area contributed by atoms with Gasteiger partial charge in [-0.15, -0.1) is 0 Å². The molecule has 26 heavy (non-hydrogen) atoms. The topological polar surface area (TPSA) is 91.4 Å². The Kier molecular flexibility index (Phi) is 4.49. The van der Waals surface area contributed by atoms with Crippen LogP contribution in [0.2, 0.25) is 0 Å². The summed E-state index contributed by atoms with van der Waals surface area (Å²) in [7, 11) is 1.33. The van der Waals surface area contributed by atoms with Crippen LogP contribution in [-0.4, -0.2) is 48.3 Å². The van der Waals surface area contributed by atoms with E-state index >= 15 is 0 Å². The highest BCUT2D eigenvalue weighted by Gasteiger charge is 2.74. The van der Waals surface area contributed by atoms with Gasteiger partial charge in [0.1, 0.15) is 17.3 Å². The molecular formula is C18H21NO7. The molecule has 3 aliphatic rings. The molecular weight excluding hydrogens is 342 g/mol. The predicted molar refractivity (Wildman–Crippen MR) is 87.8 cm³/mol. The molecule has 8 nitrogen and oxygen atoms in total. The minimum atomic E-state index is -1.35. The lowest BCUT2D eigenvalue weighted by atomic mass is 9.65. The maximum atomic E-state index is 13.3. The van der Waals surface area contributed by atoms with Gasteiger partial charge in [0.15, 0.2) is 6.10 Å². The van der Waals surface area contributed by atoms with Gasteiger partial charge in [-0.2, -0.15) is 5.06 Å². The smallest absolute Gasteiger partial charge is 0.307 e. The molecule has 0 radical (unpaired) electrons. The third kappa shape index (κ3) is 2.33. The predicted octanol–water partition coefficient (Wildman–Crippen LogP) is 1.24. The van der Waals surface area contributed by atoms with Crippen molar-refractivity contribution in [2.75, 3.05) is 7.11 Å². The number of hydrogen-bond acceptors (Lipinski definition) is 7. The van der Waals surface area contributed by atoms with Gasteiger partial charge in [0.2, 0.25) is 0 Å². The Labute approximate surface area is 151 Å².